The fourth-order valence-electron chi connectivity index (χ4n) is 1.72. The Labute approximate surface area is 107 Å². The second-order valence-electron chi connectivity index (χ2n) is 4.46. The van der Waals surface area contributed by atoms with Gasteiger partial charge in [-0.1, -0.05) is 11.6 Å². The van der Waals surface area contributed by atoms with Crippen molar-refractivity contribution in [3.05, 3.63) is 16.4 Å². The largest absolute Gasteiger partial charge is 0.388 e. The van der Waals surface area contributed by atoms with Crippen molar-refractivity contribution < 1.29 is 0 Å². The van der Waals surface area contributed by atoms with Crippen LogP contribution >= 0.6 is 11.6 Å². The first-order valence-electron chi connectivity index (χ1n) is 5.54. The van der Waals surface area contributed by atoms with E-state index in [0.717, 1.165) is 16.4 Å². The number of aryl methyl sites for hydroxylation is 2. The summed E-state index contributed by atoms with van der Waals surface area (Å²) in [7, 11) is 3.88. The Bertz CT molecular complexity index is 412. The minimum absolute atomic E-state index is 0.205. The van der Waals surface area contributed by atoms with Gasteiger partial charge in [0, 0.05) is 26.1 Å². The lowest BCUT2D eigenvalue weighted by atomic mass is 10.2. The molecule has 1 heterocycles. The van der Waals surface area contributed by atoms with Gasteiger partial charge in [-0.05, 0) is 20.9 Å². The van der Waals surface area contributed by atoms with E-state index < -0.39 is 0 Å². The van der Waals surface area contributed by atoms with E-state index >= 15 is 0 Å². The third-order valence-corrected chi connectivity index (χ3v) is 3.42. The zero-order valence-corrected chi connectivity index (χ0v) is 11.5. The number of amidine groups is 1. The highest BCUT2D eigenvalue weighted by atomic mass is 35.5. The Kier molecular flexibility index (Phi) is 4.54. The van der Waals surface area contributed by atoms with Crippen molar-refractivity contribution in [1.82, 2.24) is 14.7 Å². The summed E-state index contributed by atoms with van der Waals surface area (Å²) in [5.74, 6) is 0.205. The van der Waals surface area contributed by atoms with Crippen LogP contribution in [0.5, 0.6) is 0 Å². The average Bonchev–Trinajstić information content (AvgIpc) is 2.44. The Balaban J connectivity index is 2.73. The first-order chi connectivity index (χ1) is 7.82. The van der Waals surface area contributed by atoms with Crippen molar-refractivity contribution in [1.29, 1.82) is 5.41 Å². The standard InChI is InChI=1S/C11H20ClN5/c1-7(5-10(13)14)16(3)6-9-11(12)8(2)15-17(9)4/h7H,5-6H2,1-4H3,(H3,13,14). The van der Waals surface area contributed by atoms with Crippen molar-refractivity contribution in [3.63, 3.8) is 0 Å². The van der Waals surface area contributed by atoms with Gasteiger partial charge in [-0.15, -0.1) is 0 Å². The minimum Gasteiger partial charge on any atom is -0.388 e. The molecule has 17 heavy (non-hydrogen) atoms. The molecule has 1 rings (SSSR count). The van der Waals surface area contributed by atoms with Gasteiger partial charge in [0.05, 0.1) is 22.2 Å². The van der Waals surface area contributed by atoms with Gasteiger partial charge in [0.15, 0.2) is 0 Å². The monoisotopic (exact) mass is 257 g/mol. The first-order valence-corrected chi connectivity index (χ1v) is 5.91. The van der Waals surface area contributed by atoms with Crippen LogP contribution in [0.1, 0.15) is 24.7 Å². The molecule has 0 aliphatic heterocycles. The molecule has 1 aromatic heterocycles. The van der Waals surface area contributed by atoms with Gasteiger partial charge in [0.25, 0.3) is 0 Å². The molecular formula is C11H20ClN5. The van der Waals surface area contributed by atoms with E-state index in [1.165, 1.54) is 0 Å². The molecule has 5 nitrogen and oxygen atoms in total. The van der Waals surface area contributed by atoms with Gasteiger partial charge < -0.3 is 5.73 Å². The molecule has 0 saturated heterocycles. The van der Waals surface area contributed by atoms with Gasteiger partial charge in [-0.3, -0.25) is 15.0 Å². The summed E-state index contributed by atoms with van der Waals surface area (Å²) in [6.45, 7) is 4.63. The normalized spacial score (nSPS) is 13.1. The Hall–Kier alpha value is -1.07. The van der Waals surface area contributed by atoms with Crippen molar-refractivity contribution in [3.8, 4) is 0 Å². The van der Waals surface area contributed by atoms with Crippen LogP contribution < -0.4 is 5.73 Å². The maximum atomic E-state index is 7.29. The fourth-order valence-corrected chi connectivity index (χ4v) is 1.94. The molecule has 6 heteroatoms. The molecule has 3 N–H and O–H groups in total. The summed E-state index contributed by atoms with van der Waals surface area (Å²) in [6.07, 6.45) is 0.560. The molecule has 0 aliphatic rings. The summed E-state index contributed by atoms with van der Waals surface area (Å²) >= 11 is 6.19. The first kappa shape index (κ1) is 14.0. The molecule has 1 atom stereocenters. The van der Waals surface area contributed by atoms with Crippen molar-refractivity contribution >= 4 is 17.4 Å². The summed E-state index contributed by atoms with van der Waals surface area (Å²) in [6, 6.07) is 0.207. The molecule has 0 amide bonds. The second-order valence-corrected chi connectivity index (χ2v) is 4.84. The molecule has 0 saturated carbocycles. The topological polar surface area (TPSA) is 70.9 Å². The zero-order chi connectivity index (χ0) is 13.2. The number of nitrogens with two attached hydrogens (primary N) is 1. The molecule has 0 aliphatic carbocycles. The van der Waals surface area contributed by atoms with Gasteiger partial charge in [0.2, 0.25) is 0 Å². The van der Waals surface area contributed by atoms with E-state index in [1.54, 1.807) is 4.68 Å². The van der Waals surface area contributed by atoms with Crippen LogP contribution in [-0.2, 0) is 13.6 Å². The van der Waals surface area contributed by atoms with Crippen LogP contribution in [0.15, 0.2) is 0 Å². The lowest BCUT2D eigenvalue weighted by Gasteiger charge is -2.24. The molecule has 96 valence electrons. The molecule has 0 fully saturated rings. The Morgan fingerprint density at radius 2 is 2.24 bits per heavy atom. The molecule has 1 aromatic rings. The van der Waals surface area contributed by atoms with Crippen LogP contribution in [0.3, 0.4) is 0 Å². The second kappa shape index (κ2) is 5.51. The Morgan fingerprint density at radius 1 is 1.65 bits per heavy atom. The van der Waals surface area contributed by atoms with E-state index in [-0.39, 0.29) is 11.9 Å². The lowest BCUT2D eigenvalue weighted by molar-refractivity contribution is 0.248. The maximum absolute atomic E-state index is 7.29. The molecule has 0 bridgehead atoms. The van der Waals surface area contributed by atoms with Crippen LogP contribution in [0.25, 0.3) is 0 Å². The highest BCUT2D eigenvalue weighted by Gasteiger charge is 2.16. The van der Waals surface area contributed by atoms with Crippen LogP contribution in [0.4, 0.5) is 0 Å². The number of nitrogens with one attached hydrogen (secondary N) is 1. The molecule has 0 spiro atoms. The zero-order valence-electron chi connectivity index (χ0n) is 10.8. The number of rotatable bonds is 5. The fraction of sp³-hybridized carbons (Fsp3) is 0.636. The quantitative estimate of drug-likeness (QED) is 0.621. The number of nitrogens with zero attached hydrogens (tertiary/aromatic N) is 3. The van der Waals surface area contributed by atoms with E-state index in [1.807, 2.05) is 27.9 Å². The molecule has 0 radical (unpaired) electrons. The maximum Gasteiger partial charge on any atom is 0.0920 e. The number of halogens is 1. The van der Waals surface area contributed by atoms with Gasteiger partial charge in [-0.25, -0.2) is 0 Å². The smallest absolute Gasteiger partial charge is 0.0920 e. The van der Waals surface area contributed by atoms with Crippen LogP contribution in [0.2, 0.25) is 5.02 Å². The lowest BCUT2D eigenvalue weighted by Crippen LogP contribution is -2.33. The summed E-state index contributed by atoms with van der Waals surface area (Å²) in [5, 5.41) is 12.3. The summed E-state index contributed by atoms with van der Waals surface area (Å²) < 4.78 is 1.80. The van der Waals surface area contributed by atoms with E-state index in [9.17, 15) is 0 Å². The minimum atomic E-state index is 0.205. The molecular weight excluding hydrogens is 238 g/mol. The predicted octanol–water partition coefficient (Wildman–Crippen LogP) is 1.53. The van der Waals surface area contributed by atoms with Gasteiger partial charge in [-0.2, -0.15) is 5.10 Å². The third kappa shape index (κ3) is 3.44. The highest BCUT2D eigenvalue weighted by Crippen LogP contribution is 2.21. The van der Waals surface area contributed by atoms with Gasteiger partial charge in [0.1, 0.15) is 0 Å². The van der Waals surface area contributed by atoms with Crippen molar-refractivity contribution in [2.24, 2.45) is 12.8 Å². The summed E-state index contributed by atoms with van der Waals surface area (Å²) in [5.41, 5.74) is 7.23. The Morgan fingerprint density at radius 3 is 2.65 bits per heavy atom. The van der Waals surface area contributed by atoms with Crippen LogP contribution in [0, 0.1) is 12.3 Å². The van der Waals surface area contributed by atoms with Crippen molar-refractivity contribution in [2.75, 3.05) is 7.05 Å². The van der Waals surface area contributed by atoms with Crippen molar-refractivity contribution in [2.45, 2.75) is 32.9 Å². The highest BCUT2D eigenvalue weighted by molar-refractivity contribution is 6.31. The molecule has 1 unspecified atom stereocenters. The van der Waals surface area contributed by atoms with E-state index in [0.29, 0.717) is 13.0 Å². The average molecular weight is 258 g/mol. The van der Waals surface area contributed by atoms with E-state index in [2.05, 4.69) is 10.00 Å². The van der Waals surface area contributed by atoms with Gasteiger partial charge >= 0.3 is 0 Å². The number of hydrogen-bond donors (Lipinski definition) is 2. The third-order valence-electron chi connectivity index (χ3n) is 2.93. The SMILES string of the molecule is Cc1nn(C)c(CN(C)C(C)CC(=N)N)c1Cl. The number of hydrogen-bond acceptors (Lipinski definition) is 3. The molecule has 0 aromatic carbocycles. The summed E-state index contributed by atoms with van der Waals surface area (Å²) in [4.78, 5) is 2.11. The van der Waals surface area contributed by atoms with E-state index in [4.69, 9.17) is 22.7 Å². The number of aromatic nitrogens is 2. The van der Waals surface area contributed by atoms with Crippen LogP contribution in [-0.4, -0.2) is 33.6 Å². The predicted molar refractivity (Wildman–Crippen MR) is 70.4 cm³/mol.